The summed E-state index contributed by atoms with van der Waals surface area (Å²) < 4.78 is 11.0. The van der Waals surface area contributed by atoms with Gasteiger partial charge in [-0.3, -0.25) is 4.79 Å². The molecule has 4 nitrogen and oxygen atoms in total. The lowest BCUT2D eigenvalue weighted by Gasteiger charge is -2.10. The van der Waals surface area contributed by atoms with Crippen LogP contribution in [-0.4, -0.2) is 26.2 Å². The Hall–Kier alpha value is -2.41. The molecule has 0 saturated carbocycles. The van der Waals surface area contributed by atoms with Crippen LogP contribution in [0.4, 0.5) is 0 Å². The lowest BCUT2D eigenvalue weighted by atomic mass is 10.2. The molecular formula is C17H21NO3. The molecule has 1 amide bonds. The molecule has 0 saturated heterocycles. The van der Waals surface area contributed by atoms with Gasteiger partial charge >= 0.3 is 0 Å². The molecule has 0 fully saturated rings. The van der Waals surface area contributed by atoms with Crippen molar-refractivity contribution in [2.75, 3.05) is 20.3 Å². The van der Waals surface area contributed by atoms with Crippen molar-refractivity contribution < 1.29 is 14.3 Å². The van der Waals surface area contributed by atoms with Crippen molar-refractivity contribution in [3.05, 3.63) is 29.8 Å². The Morgan fingerprint density at radius 2 is 2.24 bits per heavy atom. The molecule has 0 radical (unpaired) electrons. The van der Waals surface area contributed by atoms with Crippen LogP contribution in [0.1, 0.15) is 25.3 Å². The second kappa shape index (κ2) is 9.49. The third kappa shape index (κ3) is 6.05. The largest absolute Gasteiger partial charge is 0.493 e. The highest BCUT2D eigenvalue weighted by Crippen LogP contribution is 2.28. The number of benzene rings is 1. The summed E-state index contributed by atoms with van der Waals surface area (Å²) in [5.41, 5.74) is 0.852. The summed E-state index contributed by atoms with van der Waals surface area (Å²) in [5.74, 6) is 3.48. The van der Waals surface area contributed by atoms with Gasteiger partial charge in [-0.1, -0.05) is 25.3 Å². The Kier molecular flexibility index (Phi) is 7.52. The number of hydrogen-bond donors (Lipinski definition) is 1. The van der Waals surface area contributed by atoms with Gasteiger partial charge in [-0.25, -0.2) is 0 Å². The van der Waals surface area contributed by atoms with E-state index >= 15 is 0 Å². The third-order valence-corrected chi connectivity index (χ3v) is 2.73. The Morgan fingerprint density at radius 3 is 2.90 bits per heavy atom. The summed E-state index contributed by atoms with van der Waals surface area (Å²) in [5, 5.41) is 2.56. The molecule has 0 bridgehead atoms. The van der Waals surface area contributed by atoms with Gasteiger partial charge in [-0.15, -0.1) is 6.42 Å². The average Bonchev–Trinajstić information content (AvgIpc) is 2.51. The van der Waals surface area contributed by atoms with Crippen LogP contribution in [0.3, 0.4) is 0 Å². The molecule has 112 valence electrons. The summed E-state index contributed by atoms with van der Waals surface area (Å²) >= 11 is 0. The number of hydrogen-bond acceptors (Lipinski definition) is 3. The number of methoxy groups -OCH3 is 1. The van der Waals surface area contributed by atoms with Crippen LogP contribution in [0, 0.1) is 12.3 Å². The van der Waals surface area contributed by atoms with Crippen molar-refractivity contribution in [1.82, 2.24) is 5.32 Å². The van der Waals surface area contributed by atoms with Crippen molar-refractivity contribution in [3.63, 3.8) is 0 Å². The van der Waals surface area contributed by atoms with Crippen LogP contribution < -0.4 is 14.8 Å². The minimum atomic E-state index is -0.227. The lowest BCUT2D eigenvalue weighted by molar-refractivity contribution is -0.116. The van der Waals surface area contributed by atoms with Crippen LogP contribution in [0.25, 0.3) is 6.08 Å². The van der Waals surface area contributed by atoms with Crippen LogP contribution in [0.5, 0.6) is 11.5 Å². The van der Waals surface area contributed by atoms with Gasteiger partial charge in [0, 0.05) is 6.08 Å². The van der Waals surface area contributed by atoms with Gasteiger partial charge < -0.3 is 14.8 Å². The zero-order chi connectivity index (χ0) is 15.5. The number of unbranched alkanes of at least 4 members (excludes halogenated alkanes) is 1. The van der Waals surface area contributed by atoms with E-state index in [1.807, 2.05) is 18.2 Å². The lowest BCUT2D eigenvalue weighted by Crippen LogP contribution is -2.20. The van der Waals surface area contributed by atoms with E-state index in [1.54, 1.807) is 13.2 Å². The van der Waals surface area contributed by atoms with Crippen LogP contribution in [0.2, 0.25) is 0 Å². The highest BCUT2D eigenvalue weighted by atomic mass is 16.5. The van der Waals surface area contributed by atoms with Gasteiger partial charge in [0.2, 0.25) is 5.91 Å². The molecule has 1 aromatic carbocycles. The zero-order valence-electron chi connectivity index (χ0n) is 12.5. The SMILES string of the molecule is C#CCNC(=O)/C=C/c1ccc(OCCCC)c(OC)c1. The van der Waals surface area contributed by atoms with E-state index in [0.717, 1.165) is 18.4 Å². The Morgan fingerprint density at radius 1 is 1.43 bits per heavy atom. The smallest absolute Gasteiger partial charge is 0.244 e. The van der Waals surface area contributed by atoms with Gasteiger partial charge in [0.1, 0.15) is 0 Å². The van der Waals surface area contributed by atoms with Gasteiger partial charge in [0.05, 0.1) is 20.3 Å². The molecule has 0 atom stereocenters. The number of ether oxygens (including phenoxy) is 2. The minimum absolute atomic E-state index is 0.219. The molecule has 0 aliphatic carbocycles. The standard InChI is InChI=1S/C17H21NO3/c1-4-6-12-21-15-9-7-14(13-16(15)20-3)8-10-17(19)18-11-5-2/h2,7-10,13H,4,6,11-12H2,1,3H3,(H,18,19)/b10-8+. The van der Waals surface area contributed by atoms with Crippen LogP contribution >= 0.6 is 0 Å². The molecule has 0 aliphatic heterocycles. The van der Waals surface area contributed by atoms with E-state index < -0.39 is 0 Å². The molecule has 21 heavy (non-hydrogen) atoms. The predicted octanol–water partition coefficient (Wildman–Crippen LogP) is 2.64. The van der Waals surface area contributed by atoms with E-state index in [2.05, 4.69) is 18.2 Å². The van der Waals surface area contributed by atoms with Gasteiger partial charge in [-0.2, -0.15) is 0 Å². The van der Waals surface area contributed by atoms with E-state index in [1.165, 1.54) is 6.08 Å². The van der Waals surface area contributed by atoms with E-state index in [-0.39, 0.29) is 12.5 Å². The Labute approximate surface area is 126 Å². The molecule has 1 N–H and O–H groups in total. The topological polar surface area (TPSA) is 47.6 Å². The van der Waals surface area contributed by atoms with Gasteiger partial charge in [0.15, 0.2) is 11.5 Å². The van der Waals surface area contributed by atoms with Crippen LogP contribution in [0.15, 0.2) is 24.3 Å². The summed E-state index contributed by atoms with van der Waals surface area (Å²) in [4.78, 5) is 11.4. The molecule has 0 unspecified atom stereocenters. The summed E-state index contributed by atoms with van der Waals surface area (Å²) in [6.07, 6.45) is 10.3. The molecule has 0 aromatic heterocycles. The Balaban J connectivity index is 2.70. The number of nitrogens with one attached hydrogen (secondary N) is 1. The van der Waals surface area contributed by atoms with E-state index in [4.69, 9.17) is 15.9 Å². The molecule has 0 heterocycles. The summed E-state index contributed by atoms with van der Waals surface area (Å²) in [6.45, 7) is 2.99. The average molecular weight is 287 g/mol. The Bertz CT molecular complexity index is 529. The van der Waals surface area contributed by atoms with E-state index in [0.29, 0.717) is 18.1 Å². The number of rotatable bonds is 8. The number of carbonyl (C=O) groups excluding carboxylic acids is 1. The highest BCUT2D eigenvalue weighted by molar-refractivity contribution is 5.91. The van der Waals surface area contributed by atoms with E-state index in [9.17, 15) is 4.79 Å². The molecule has 0 aliphatic rings. The third-order valence-electron chi connectivity index (χ3n) is 2.73. The molecule has 1 rings (SSSR count). The van der Waals surface area contributed by atoms with Crippen molar-refractivity contribution in [2.24, 2.45) is 0 Å². The first-order valence-corrected chi connectivity index (χ1v) is 6.91. The normalized spacial score (nSPS) is 10.1. The predicted molar refractivity (Wildman–Crippen MR) is 84.3 cm³/mol. The number of carbonyl (C=O) groups is 1. The maximum Gasteiger partial charge on any atom is 0.244 e. The number of amides is 1. The molecule has 4 heteroatoms. The quantitative estimate of drug-likeness (QED) is 0.454. The molecular weight excluding hydrogens is 266 g/mol. The maximum atomic E-state index is 11.4. The van der Waals surface area contributed by atoms with Gasteiger partial charge in [-0.05, 0) is 30.2 Å². The first kappa shape index (κ1) is 16.6. The van der Waals surface area contributed by atoms with Crippen molar-refractivity contribution in [2.45, 2.75) is 19.8 Å². The number of terminal acetylenes is 1. The fourth-order valence-electron chi connectivity index (χ4n) is 1.60. The first-order chi connectivity index (χ1) is 10.2. The minimum Gasteiger partial charge on any atom is -0.493 e. The second-order valence-electron chi connectivity index (χ2n) is 4.37. The fraction of sp³-hybridized carbons (Fsp3) is 0.353. The van der Waals surface area contributed by atoms with Crippen molar-refractivity contribution in [1.29, 1.82) is 0 Å². The van der Waals surface area contributed by atoms with Gasteiger partial charge in [0.25, 0.3) is 0 Å². The monoisotopic (exact) mass is 287 g/mol. The zero-order valence-corrected chi connectivity index (χ0v) is 12.5. The first-order valence-electron chi connectivity index (χ1n) is 6.91. The molecule has 1 aromatic rings. The second-order valence-corrected chi connectivity index (χ2v) is 4.37. The summed E-state index contributed by atoms with van der Waals surface area (Å²) in [7, 11) is 1.59. The fourth-order valence-corrected chi connectivity index (χ4v) is 1.60. The highest BCUT2D eigenvalue weighted by Gasteiger charge is 2.04. The van der Waals surface area contributed by atoms with Crippen LogP contribution in [-0.2, 0) is 4.79 Å². The maximum absolute atomic E-state index is 11.4. The van der Waals surface area contributed by atoms with Crippen molar-refractivity contribution >= 4 is 12.0 Å². The van der Waals surface area contributed by atoms with Crippen molar-refractivity contribution in [3.8, 4) is 23.8 Å². The molecule has 0 spiro atoms. The summed E-state index contributed by atoms with van der Waals surface area (Å²) in [6, 6.07) is 5.54.